The first-order valence-electron chi connectivity index (χ1n) is 6.43. The van der Waals surface area contributed by atoms with Crippen LogP contribution in [0.25, 0.3) is 0 Å². The average molecular weight is 252 g/mol. The number of alkyl halides is 3. The van der Waals surface area contributed by atoms with Crippen molar-refractivity contribution in [3.63, 3.8) is 0 Å². The monoisotopic (exact) mass is 252 g/mol. The standard InChI is InChI=1S/C12H23F3N2/c1-17-9-4-11(5-10-17)3-8-16-7-2-6-12(13,14)15/h11,16H,2-10H2,1H3. The maximum atomic E-state index is 11.9. The molecular formula is C12H23F3N2. The first-order chi connectivity index (χ1) is 7.97. The molecule has 0 aromatic carbocycles. The number of nitrogens with zero attached hydrogens (tertiary/aromatic N) is 1. The predicted molar refractivity (Wildman–Crippen MR) is 63.0 cm³/mol. The third kappa shape index (κ3) is 7.60. The van der Waals surface area contributed by atoms with E-state index in [1.54, 1.807) is 0 Å². The Balaban J connectivity index is 1.91. The molecule has 1 saturated heterocycles. The van der Waals surface area contributed by atoms with Crippen molar-refractivity contribution in [1.82, 2.24) is 10.2 Å². The molecule has 1 rings (SSSR count). The molecular weight excluding hydrogens is 229 g/mol. The van der Waals surface area contributed by atoms with E-state index >= 15 is 0 Å². The summed E-state index contributed by atoms with van der Waals surface area (Å²) in [4.78, 5) is 2.33. The highest BCUT2D eigenvalue weighted by atomic mass is 19.4. The molecule has 102 valence electrons. The van der Waals surface area contributed by atoms with E-state index < -0.39 is 12.6 Å². The van der Waals surface area contributed by atoms with E-state index in [4.69, 9.17) is 0 Å². The predicted octanol–water partition coefficient (Wildman–Crippen LogP) is 2.65. The quantitative estimate of drug-likeness (QED) is 0.731. The van der Waals surface area contributed by atoms with Crippen LogP contribution in [0.5, 0.6) is 0 Å². The Labute approximate surface area is 102 Å². The van der Waals surface area contributed by atoms with Gasteiger partial charge >= 0.3 is 6.18 Å². The van der Waals surface area contributed by atoms with Crippen molar-refractivity contribution >= 4 is 0 Å². The van der Waals surface area contributed by atoms with E-state index in [0.717, 1.165) is 32.0 Å². The summed E-state index contributed by atoms with van der Waals surface area (Å²) in [5.74, 6) is 0.751. The van der Waals surface area contributed by atoms with Crippen molar-refractivity contribution in [1.29, 1.82) is 0 Å². The Bertz CT molecular complexity index is 198. The zero-order valence-electron chi connectivity index (χ0n) is 10.5. The van der Waals surface area contributed by atoms with Crippen molar-refractivity contribution in [3.8, 4) is 0 Å². The van der Waals surface area contributed by atoms with Gasteiger partial charge in [0, 0.05) is 6.42 Å². The number of rotatable bonds is 6. The molecule has 1 fully saturated rings. The molecule has 0 aromatic heterocycles. The van der Waals surface area contributed by atoms with E-state index in [1.165, 1.54) is 12.8 Å². The largest absolute Gasteiger partial charge is 0.389 e. The Morgan fingerprint density at radius 1 is 1.18 bits per heavy atom. The molecule has 0 radical (unpaired) electrons. The maximum absolute atomic E-state index is 11.9. The van der Waals surface area contributed by atoms with Gasteiger partial charge in [-0.1, -0.05) is 0 Å². The summed E-state index contributed by atoms with van der Waals surface area (Å²) in [6, 6.07) is 0. The van der Waals surface area contributed by atoms with Crippen LogP contribution in [0.2, 0.25) is 0 Å². The summed E-state index contributed by atoms with van der Waals surface area (Å²) >= 11 is 0. The van der Waals surface area contributed by atoms with E-state index in [0.29, 0.717) is 6.54 Å². The van der Waals surface area contributed by atoms with Gasteiger partial charge in [0.2, 0.25) is 0 Å². The Morgan fingerprint density at radius 2 is 1.82 bits per heavy atom. The minimum absolute atomic E-state index is 0.191. The molecule has 0 atom stereocenters. The average Bonchev–Trinajstić information content (AvgIpc) is 2.24. The third-order valence-corrected chi connectivity index (χ3v) is 3.38. The van der Waals surface area contributed by atoms with Crippen LogP contribution >= 0.6 is 0 Å². The summed E-state index contributed by atoms with van der Waals surface area (Å²) < 4.78 is 35.6. The summed E-state index contributed by atoms with van der Waals surface area (Å²) in [6.07, 6.45) is -0.942. The molecule has 0 spiro atoms. The van der Waals surface area contributed by atoms with E-state index in [1.807, 2.05) is 0 Å². The number of hydrogen-bond acceptors (Lipinski definition) is 2. The lowest BCUT2D eigenvalue weighted by Crippen LogP contribution is -2.31. The second-order valence-electron chi connectivity index (χ2n) is 5.00. The fraction of sp³-hybridized carbons (Fsp3) is 1.00. The smallest absolute Gasteiger partial charge is 0.317 e. The molecule has 0 bridgehead atoms. The highest BCUT2D eigenvalue weighted by Crippen LogP contribution is 2.21. The lowest BCUT2D eigenvalue weighted by molar-refractivity contribution is -0.135. The van der Waals surface area contributed by atoms with Crippen LogP contribution in [0.15, 0.2) is 0 Å². The molecule has 17 heavy (non-hydrogen) atoms. The lowest BCUT2D eigenvalue weighted by Gasteiger charge is -2.28. The minimum atomic E-state index is -4.00. The second kappa shape index (κ2) is 7.21. The molecule has 5 heteroatoms. The van der Waals surface area contributed by atoms with Crippen molar-refractivity contribution in [2.24, 2.45) is 5.92 Å². The van der Waals surface area contributed by atoms with Crippen molar-refractivity contribution in [2.75, 3.05) is 33.2 Å². The topological polar surface area (TPSA) is 15.3 Å². The minimum Gasteiger partial charge on any atom is -0.317 e. The molecule has 1 aliphatic rings. The van der Waals surface area contributed by atoms with Gasteiger partial charge in [0.05, 0.1) is 0 Å². The first-order valence-corrected chi connectivity index (χ1v) is 6.43. The van der Waals surface area contributed by atoms with Crippen LogP contribution in [0.3, 0.4) is 0 Å². The third-order valence-electron chi connectivity index (χ3n) is 3.38. The van der Waals surface area contributed by atoms with Crippen LogP contribution in [0, 0.1) is 5.92 Å². The van der Waals surface area contributed by atoms with Gasteiger partial charge in [-0.3, -0.25) is 0 Å². The number of halogens is 3. The van der Waals surface area contributed by atoms with Gasteiger partial charge in [0.25, 0.3) is 0 Å². The molecule has 0 aromatic rings. The van der Waals surface area contributed by atoms with E-state index in [-0.39, 0.29) is 6.42 Å². The molecule has 1 aliphatic heterocycles. The maximum Gasteiger partial charge on any atom is 0.389 e. The zero-order chi connectivity index (χ0) is 12.7. The fourth-order valence-electron chi connectivity index (χ4n) is 2.20. The van der Waals surface area contributed by atoms with E-state index in [2.05, 4.69) is 17.3 Å². The molecule has 1 N–H and O–H groups in total. The number of hydrogen-bond donors (Lipinski definition) is 1. The Kier molecular flexibility index (Phi) is 6.27. The lowest BCUT2D eigenvalue weighted by atomic mass is 9.94. The fourth-order valence-corrected chi connectivity index (χ4v) is 2.20. The number of likely N-dealkylation sites (tertiary alicyclic amines) is 1. The SMILES string of the molecule is CN1CCC(CCNCCCC(F)(F)F)CC1. The van der Waals surface area contributed by atoms with Gasteiger partial charge in [-0.15, -0.1) is 0 Å². The molecule has 2 nitrogen and oxygen atoms in total. The second-order valence-corrected chi connectivity index (χ2v) is 5.00. The molecule has 0 unspecified atom stereocenters. The highest BCUT2D eigenvalue weighted by Gasteiger charge is 2.25. The van der Waals surface area contributed by atoms with Crippen LogP contribution in [0.4, 0.5) is 13.2 Å². The summed E-state index contributed by atoms with van der Waals surface area (Å²) in [5.41, 5.74) is 0. The normalized spacial score (nSPS) is 19.8. The van der Waals surface area contributed by atoms with Gasteiger partial charge in [0.15, 0.2) is 0 Å². The molecule has 1 heterocycles. The van der Waals surface area contributed by atoms with Gasteiger partial charge in [0.1, 0.15) is 0 Å². The summed E-state index contributed by atoms with van der Waals surface area (Å²) in [5, 5.41) is 3.10. The number of piperidine rings is 1. The van der Waals surface area contributed by atoms with Crippen LogP contribution in [-0.2, 0) is 0 Å². The number of nitrogens with one attached hydrogen (secondary N) is 1. The van der Waals surface area contributed by atoms with Gasteiger partial charge in [-0.2, -0.15) is 13.2 Å². The van der Waals surface area contributed by atoms with Gasteiger partial charge in [-0.25, -0.2) is 0 Å². The van der Waals surface area contributed by atoms with Crippen molar-refractivity contribution in [2.45, 2.75) is 38.3 Å². The molecule has 0 saturated carbocycles. The Hall–Kier alpha value is -0.290. The molecule has 0 aliphatic carbocycles. The first kappa shape index (κ1) is 14.8. The van der Waals surface area contributed by atoms with E-state index in [9.17, 15) is 13.2 Å². The summed E-state index contributed by atoms with van der Waals surface area (Å²) in [6.45, 7) is 3.63. The zero-order valence-corrected chi connectivity index (χ0v) is 10.5. The molecule has 0 amide bonds. The van der Waals surface area contributed by atoms with Crippen molar-refractivity contribution in [3.05, 3.63) is 0 Å². The van der Waals surface area contributed by atoms with Gasteiger partial charge in [-0.05, 0) is 64.8 Å². The summed E-state index contributed by atoms with van der Waals surface area (Å²) in [7, 11) is 2.13. The van der Waals surface area contributed by atoms with Gasteiger partial charge < -0.3 is 10.2 Å². The van der Waals surface area contributed by atoms with Crippen LogP contribution in [-0.4, -0.2) is 44.3 Å². The highest BCUT2D eigenvalue weighted by molar-refractivity contribution is 4.70. The van der Waals surface area contributed by atoms with Crippen molar-refractivity contribution < 1.29 is 13.2 Å². The Morgan fingerprint density at radius 3 is 2.41 bits per heavy atom. The van der Waals surface area contributed by atoms with Crippen LogP contribution < -0.4 is 5.32 Å². The van der Waals surface area contributed by atoms with Crippen LogP contribution in [0.1, 0.15) is 32.1 Å².